The van der Waals surface area contributed by atoms with Crippen molar-refractivity contribution in [3.63, 3.8) is 0 Å². The van der Waals surface area contributed by atoms with Crippen molar-refractivity contribution in [3.05, 3.63) is 54.1 Å². The maximum absolute atomic E-state index is 13.2. The van der Waals surface area contributed by atoms with Gasteiger partial charge in [0.15, 0.2) is 5.69 Å². The van der Waals surface area contributed by atoms with Gasteiger partial charge in [0.2, 0.25) is 23.2 Å². The molecule has 0 aliphatic carbocycles. The van der Waals surface area contributed by atoms with E-state index < -0.39 is 6.23 Å². The Morgan fingerprint density at radius 2 is 1.90 bits per heavy atom. The summed E-state index contributed by atoms with van der Waals surface area (Å²) in [4.78, 5) is 19.4. The number of aromatic nitrogens is 3. The molecule has 1 aliphatic heterocycles. The number of anilines is 1. The van der Waals surface area contributed by atoms with Crippen LogP contribution in [0.4, 0.5) is 5.69 Å². The topological polar surface area (TPSA) is 77.4 Å². The number of hydrogen-bond acceptors (Lipinski definition) is 7. The Bertz CT molecular complexity index is 1080. The summed E-state index contributed by atoms with van der Waals surface area (Å²) < 4.78 is 12.2. The third kappa shape index (κ3) is 3.59. The van der Waals surface area contributed by atoms with E-state index >= 15 is 0 Å². The molecule has 0 fully saturated rings. The SMILES string of the molecule is CCOc1ccccc1[C@H]1Oc2nc(SC)nnc2-c2ccccc2N1C(=O)CC. The first-order valence-corrected chi connectivity index (χ1v) is 11.0. The number of hydrogen-bond donors (Lipinski definition) is 0. The molecule has 1 aromatic heterocycles. The van der Waals surface area contributed by atoms with Crippen LogP contribution in [0.2, 0.25) is 0 Å². The number of rotatable bonds is 5. The van der Waals surface area contributed by atoms with Crippen LogP contribution in [0.15, 0.2) is 53.7 Å². The number of para-hydroxylation sites is 2. The number of thioether (sulfide) groups is 1. The van der Waals surface area contributed by atoms with Gasteiger partial charge in [-0.1, -0.05) is 49.0 Å². The molecule has 0 saturated heterocycles. The van der Waals surface area contributed by atoms with Gasteiger partial charge in [-0.3, -0.25) is 9.69 Å². The van der Waals surface area contributed by atoms with Crippen LogP contribution in [-0.4, -0.2) is 34.0 Å². The maximum atomic E-state index is 13.2. The molecule has 1 aliphatic rings. The van der Waals surface area contributed by atoms with Crippen LogP contribution in [0.1, 0.15) is 32.1 Å². The highest BCUT2D eigenvalue weighted by Crippen LogP contribution is 2.44. The maximum Gasteiger partial charge on any atom is 0.247 e. The number of fused-ring (bicyclic) bond motifs is 3. The summed E-state index contributed by atoms with van der Waals surface area (Å²) in [6, 6.07) is 15.2. The molecule has 0 saturated carbocycles. The Morgan fingerprint density at radius 3 is 2.67 bits per heavy atom. The van der Waals surface area contributed by atoms with Crippen molar-refractivity contribution in [2.45, 2.75) is 31.7 Å². The number of nitrogens with zero attached hydrogens (tertiary/aromatic N) is 4. The summed E-state index contributed by atoms with van der Waals surface area (Å²) in [5.41, 5.74) is 2.70. The number of carbonyl (C=O) groups excluding carboxylic acids is 1. The monoisotopic (exact) mass is 422 g/mol. The minimum atomic E-state index is -0.756. The fourth-order valence-corrected chi connectivity index (χ4v) is 3.71. The minimum absolute atomic E-state index is 0.0791. The summed E-state index contributed by atoms with van der Waals surface area (Å²) in [6.07, 6.45) is 1.44. The van der Waals surface area contributed by atoms with Gasteiger partial charge in [0, 0.05) is 12.0 Å². The lowest BCUT2D eigenvalue weighted by atomic mass is 10.1. The van der Waals surface area contributed by atoms with Crippen molar-refractivity contribution in [2.24, 2.45) is 0 Å². The second-order valence-electron chi connectivity index (χ2n) is 6.53. The summed E-state index contributed by atoms with van der Waals surface area (Å²) >= 11 is 1.38. The van der Waals surface area contributed by atoms with Gasteiger partial charge < -0.3 is 9.47 Å². The van der Waals surface area contributed by atoms with Gasteiger partial charge in [-0.05, 0) is 31.4 Å². The predicted molar refractivity (Wildman–Crippen MR) is 116 cm³/mol. The molecule has 1 amide bonds. The van der Waals surface area contributed by atoms with Gasteiger partial charge in [-0.2, -0.15) is 4.98 Å². The van der Waals surface area contributed by atoms with Crippen molar-refractivity contribution < 1.29 is 14.3 Å². The lowest BCUT2D eigenvalue weighted by Crippen LogP contribution is -2.37. The molecule has 0 bridgehead atoms. The van der Waals surface area contributed by atoms with Crippen molar-refractivity contribution in [2.75, 3.05) is 17.8 Å². The van der Waals surface area contributed by atoms with Gasteiger partial charge >= 0.3 is 0 Å². The van der Waals surface area contributed by atoms with Crippen molar-refractivity contribution in [1.82, 2.24) is 15.2 Å². The molecule has 4 rings (SSSR count). The van der Waals surface area contributed by atoms with Gasteiger partial charge in [-0.15, -0.1) is 10.2 Å². The number of amides is 1. The van der Waals surface area contributed by atoms with Gasteiger partial charge in [0.1, 0.15) is 5.75 Å². The molecule has 0 unspecified atom stereocenters. The molecular weight excluding hydrogens is 400 g/mol. The van der Waals surface area contributed by atoms with Crippen molar-refractivity contribution in [1.29, 1.82) is 0 Å². The first kappa shape index (κ1) is 20.2. The van der Waals surface area contributed by atoms with E-state index in [2.05, 4.69) is 15.2 Å². The van der Waals surface area contributed by atoms with Crippen LogP contribution in [0.5, 0.6) is 11.6 Å². The molecule has 30 heavy (non-hydrogen) atoms. The summed E-state index contributed by atoms with van der Waals surface area (Å²) in [5.74, 6) is 0.918. The molecule has 0 radical (unpaired) electrons. The average molecular weight is 423 g/mol. The highest BCUT2D eigenvalue weighted by Gasteiger charge is 2.36. The fraction of sp³-hybridized carbons (Fsp3) is 0.273. The van der Waals surface area contributed by atoms with E-state index in [0.29, 0.717) is 41.2 Å². The van der Waals surface area contributed by atoms with Gasteiger partial charge in [-0.25, -0.2) is 0 Å². The number of benzene rings is 2. The molecule has 3 aromatic rings. The summed E-state index contributed by atoms with van der Waals surface area (Å²) in [5, 5.41) is 9.05. The molecule has 2 aromatic carbocycles. The van der Waals surface area contributed by atoms with Gasteiger partial charge in [0.05, 0.1) is 17.9 Å². The normalized spacial score (nSPS) is 14.9. The zero-order valence-corrected chi connectivity index (χ0v) is 17.8. The fourth-order valence-electron chi connectivity index (χ4n) is 3.41. The smallest absolute Gasteiger partial charge is 0.247 e. The summed E-state index contributed by atoms with van der Waals surface area (Å²) in [7, 11) is 0. The molecule has 154 valence electrons. The zero-order valence-electron chi connectivity index (χ0n) is 17.0. The quantitative estimate of drug-likeness (QED) is 0.561. The third-order valence-electron chi connectivity index (χ3n) is 4.75. The Balaban J connectivity index is 1.98. The number of carbonyl (C=O) groups is 1. The van der Waals surface area contributed by atoms with E-state index in [-0.39, 0.29) is 5.91 Å². The molecule has 0 N–H and O–H groups in total. The lowest BCUT2D eigenvalue weighted by Gasteiger charge is -2.31. The second-order valence-corrected chi connectivity index (χ2v) is 7.30. The molecule has 7 nitrogen and oxygen atoms in total. The Morgan fingerprint density at radius 1 is 1.13 bits per heavy atom. The van der Waals surface area contributed by atoms with Crippen LogP contribution >= 0.6 is 11.8 Å². The largest absolute Gasteiger partial charge is 0.493 e. The van der Waals surface area contributed by atoms with Crippen LogP contribution in [0.25, 0.3) is 11.3 Å². The van der Waals surface area contributed by atoms with Crippen molar-refractivity contribution in [3.8, 4) is 22.9 Å². The zero-order chi connectivity index (χ0) is 21.1. The molecule has 8 heteroatoms. The van der Waals surface area contributed by atoms with Crippen LogP contribution in [0, 0.1) is 0 Å². The van der Waals surface area contributed by atoms with E-state index in [4.69, 9.17) is 9.47 Å². The average Bonchev–Trinajstić information content (AvgIpc) is 2.93. The molecule has 1 atom stereocenters. The Hall–Kier alpha value is -3.13. The Labute approximate surface area is 179 Å². The molecule has 0 spiro atoms. The van der Waals surface area contributed by atoms with E-state index in [1.54, 1.807) is 4.90 Å². The molecule has 2 heterocycles. The van der Waals surface area contributed by atoms with Gasteiger partial charge in [0.25, 0.3) is 0 Å². The minimum Gasteiger partial charge on any atom is -0.493 e. The van der Waals surface area contributed by atoms with Crippen LogP contribution in [-0.2, 0) is 4.79 Å². The standard InChI is InChI=1S/C22H22N4O3S/c1-4-18(27)26-16-12-8-6-10-14(16)19-20(23-22(30-3)25-24-19)29-21(26)15-11-7-9-13-17(15)28-5-2/h6-13,21H,4-5H2,1-3H3/t21-/m1/s1. The van der Waals surface area contributed by atoms with Crippen molar-refractivity contribution >= 4 is 23.4 Å². The van der Waals surface area contributed by atoms with Crippen LogP contribution in [0.3, 0.4) is 0 Å². The molecular formula is C22H22N4O3S. The van der Waals surface area contributed by atoms with E-state index in [1.165, 1.54) is 11.8 Å². The highest BCUT2D eigenvalue weighted by atomic mass is 32.2. The predicted octanol–water partition coefficient (Wildman–Crippen LogP) is 4.49. The third-order valence-corrected chi connectivity index (χ3v) is 5.29. The first-order chi connectivity index (χ1) is 14.7. The lowest BCUT2D eigenvalue weighted by molar-refractivity contribution is -0.120. The highest BCUT2D eigenvalue weighted by molar-refractivity contribution is 7.98. The number of ether oxygens (including phenoxy) is 2. The van der Waals surface area contributed by atoms with E-state index in [9.17, 15) is 4.79 Å². The second kappa shape index (κ2) is 8.71. The van der Waals surface area contributed by atoms with E-state index in [0.717, 1.165) is 11.1 Å². The first-order valence-electron chi connectivity index (χ1n) is 9.76. The summed E-state index contributed by atoms with van der Waals surface area (Å²) in [6.45, 7) is 4.25. The van der Waals surface area contributed by atoms with E-state index in [1.807, 2.05) is 68.6 Å². The van der Waals surface area contributed by atoms with Crippen LogP contribution < -0.4 is 14.4 Å². The Kier molecular flexibility index (Phi) is 5.85.